The Labute approximate surface area is 118 Å². The van der Waals surface area contributed by atoms with Crippen LogP contribution in [0, 0.1) is 5.41 Å². The van der Waals surface area contributed by atoms with Crippen LogP contribution in [0.1, 0.15) is 38.5 Å². The molecule has 106 valence electrons. The molecule has 2 fully saturated rings. The van der Waals surface area contributed by atoms with E-state index in [1.807, 2.05) is 0 Å². The smallest absolute Gasteiger partial charge is 0.328 e. The van der Waals surface area contributed by atoms with Crippen molar-refractivity contribution in [3.8, 4) is 0 Å². The van der Waals surface area contributed by atoms with Crippen molar-refractivity contribution in [1.29, 1.82) is 0 Å². The van der Waals surface area contributed by atoms with Gasteiger partial charge in [0.2, 0.25) is 5.91 Å². The highest BCUT2D eigenvalue weighted by molar-refractivity contribution is 7.80. The van der Waals surface area contributed by atoms with Crippen LogP contribution in [-0.2, 0) is 14.3 Å². The van der Waals surface area contributed by atoms with Gasteiger partial charge in [0.25, 0.3) is 0 Å². The quantitative estimate of drug-likeness (QED) is 0.618. The molecule has 19 heavy (non-hydrogen) atoms. The van der Waals surface area contributed by atoms with E-state index in [4.69, 9.17) is 22.7 Å². The van der Waals surface area contributed by atoms with E-state index < -0.39 is 11.5 Å². The molecule has 1 saturated carbocycles. The van der Waals surface area contributed by atoms with Crippen LogP contribution in [0.5, 0.6) is 0 Å². The summed E-state index contributed by atoms with van der Waals surface area (Å²) in [5, 5.41) is 0. The first-order valence-electron chi connectivity index (χ1n) is 6.72. The molecule has 0 aromatic rings. The lowest BCUT2D eigenvalue weighted by atomic mass is 9.67. The zero-order valence-electron chi connectivity index (χ0n) is 11.2. The van der Waals surface area contributed by atoms with Crippen molar-refractivity contribution in [2.45, 2.75) is 44.6 Å². The number of ether oxygens (including phenoxy) is 1. The minimum Gasteiger partial charge on any atom is -0.467 e. The summed E-state index contributed by atoms with van der Waals surface area (Å²) in [5.41, 5.74) is 5.05. The molecular weight excluding hydrogens is 264 g/mol. The van der Waals surface area contributed by atoms with Crippen molar-refractivity contribution in [3.63, 3.8) is 0 Å². The van der Waals surface area contributed by atoms with Gasteiger partial charge in [-0.2, -0.15) is 0 Å². The van der Waals surface area contributed by atoms with E-state index in [-0.39, 0.29) is 16.9 Å². The highest BCUT2D eigenvalue weighted by atomic mass is 32.1. The number of rotatable bonds is 3. The van der Waals surface area contributed by atoms with E-state index >= 15 is 0 Å². The van der Waals surface area contributed by atoms with E-state index in [0.717, 1.165) is 19.3 Å². The van der Waals surface area contributed by atoms with Gasteiger partial charge in [0.05, 0.1) is 17.5 Å². The Morgan fingerprint density at radius 3 is 2.47 bits per heavy atom. The molecule has 2 N–H and O–H groups in total. The molecule has 2 rings (SSSR count). The summed E-state index contributed by atoms with van der Waals surface area (Å²) in [6, 6.07) is -0.474. The fourth-order valence-electron chi connectivity index (χ4n) is 2.93. The number of nitrogens with two attached hydrogens (primary N) is 1. The Morgan fingerprint density at radius 2 is 2.00 bits per heavy atom. The second-order valence-electron chi connectivity index (χ2n) is 5.33. The maximum atomic E-state index is 12.7. The molecule has 5 nitrogen and oxygen atoms in total. The van der Waals surface area contributed by atoms with Crippen molar-refractivity contribution in [2.75, 3.05) is 13.7 Å². The topological polar surface area (TPSA) is 72.6 Å². The maximum absolute atomic E-state index is 12.7. The van der Waals surface area contributed by atoms with Crippen molar-refractivity contribution in [1.82, 2.24) is 4.90 Å². The molecule has 6 heteroatoms. The Hall–Kier alpha value is -1.17. The van der Waals surface area contributed by atoms with Gasteiger partial charge in [-0.05, 0) is 32.1 Å². The number of thiocarbonyl (C=S) groups is 1. The number of hydrogen-bond donors (Lipinski definition) is 1. The van der Waals surface area contributed by atoms with Gasteiger partial charge in [-0.25, -0.2) is 4.79 Å². The summed E-state index contributed by atoms with van der Waals surface area (Å²) < 4.78 is 4.80. The van der Waals surface area contributed by atoms with E-state index in [0.29, 0.717) is 25.8 Å². The van der Waals surface area contributed by atoms with E-state index in [1.54, 1.807) is 4.90 Å². The zero-order chi connectivity index (χ0) is 14.0. The Balaban J connectivity index is 2.20. The molecule has 1 atom stereocenters. The van der Waals surface area contributed by atoms with Gasteiger partial charge in [0.15, 0.2) is 0 Å². The molecule has 0 aromatic carbocycles. The third-order valence-electron chi connectivity index (χ3n) is 4.33. The average molecular weight is 284 g/mol. The lowest BCUT2D eigenvalue weighted by Crippen LogP contribution is -2.59. The van der Waals surface area contributed by atoms with Crippen molar-refractivity contribution in [3.05, 3.63) is 0 Å². The standard InChI is InChI=1S/C13H20N2O3S/c1-18-10(16)9-5-2-3-8-15(9)12(17)13(11(14)19)6-4-7-13/h9H,2-8H2,1H3,(H2,14,19). The fourth-order valence-corrected chi connectivity index (χ4v) is 3.22. The summed E-state index contributed by atoms with van der Waals surface area (Å²) in [6.45, 7) is 0.586. The monoisotopic (exact) mass is 284 g/mol. The lowest BCUT2D eigenvalue weighted by Gasteiger charge is -2.45. The first-order valence-corrected chi connectivity index (χ1v) is 7.12. The largest absolute Gasteiger partial charge is 0.467 e. The van der Waals surface area contributed by atoms with Crippen LogP contribution in [-0.4, -0.2) is 41.5 Å². The van der Waals surface area contributed by atoms with Gasteiger partial charge in [0, 0.05) is 6.54 Å². The predicted octanol–water partition coefficient (Wildman–Crippen LogP) is 0.997. The van der Waals surface area contributed by atoms with Crippen LogP contribution in [0.15, 0.2) is 0 Å². The highest BCUT2D eigenvalue weighted by Gasteiger charge is 2.51. The number of likely N-dealkylation sites (tertiary alicyclic amines) is 1. The van der Waals surface area contributed by atoms with Gasteiger partial charge in [0.1, 0.15) is 6.04 Å². The third-order valence-corrected chi connectivity index (χ3v) is 4.72. The summed E-state index contributed by atoms with van der Waals surface area (Å²) in [6.07, 6.45) is 4.86. The lowest BCUT2D eigenvalue weighted by molar-refractivity contribution is -0.159. The summed E-state index contributed by atoms with van der Waals surface area (Å²) in [4.78, 5) is 26.4. The van der Waals surface area contributed by atoms with Crippen molar-refractivity contribution in [2.24, 2.45) is 11.1 Å². The number of hydrogen-bond acceptors (Lipinski definition) is 4. The van der Waals surface area contributed by atoms with Crippen LogP contribution >= 0.6 is 12.2 Å². The molecule has 1 saturated heterocycles. The Kier molecular flexibility index (Phi) is 4.08. The molecule has 0 radical (unpaired) electrons. The SMILES string of the molecule is COC(=O)C1CCCCN1C(=O)C1(C(N)=S)CCC1. The number of carbonyl (C=O) groups is 2. The number of amides is 1. The minimum atomic E-state index is -0.709. The maximum Gasteiger partial charge on any atom is 0.328 e. The minimum absolute atomic E-state index is 0.0821. The molecule has 1 aliphatic carbocycles. The van der Waals surface area contributed by atoms with Crippen LogP contribution in [0.25, 0.3) is 0 Å². The number of carbonyl (C=O) groups excluding carboxylic acids is 2. The first-order chi connectivity index (χ1) is 9.03. The number of methoxy groups -OCH3 is 1. The number of nitrogens with zero attached hydrogens (tertiary/aromatic N) is 1. The number of piperidine rings is 1. The molecule has 1 aliphatic heterocycles. The van der Waals surface area contributed by atoms with Crippen molar-refractivity contribution >= 4 is 29.1 Å². The summed E-state index contributed by atoms with van der Waals surface area (Å²) in [7, 11) is 1.35. The van der Waals surface area contributed by atoms with E-state index in [9.17, 15) is 9.59 Å². The summed E-state index contributed by atoms with van der Waals surface area (Å²) in [5.74, 6) is -0.424. The third kappa shape index (κ3) is 2.33. The molecule has 2 aliphatic rings. The Morgan fingerprint density at radius 1 is 1.32 bits per heavy atom. The van der Waals surface area contributed by atoms with Gasteiger partial charge in [-0.15, -0.1) is 0 Å². The second-order valence-corrected chi connectivity index (χ2v) is 5.77. The average Bonchev–Trinajstić information content (AvgIpc) is 2.36. The fraction of sp³-hybridized carbons (Fsp3) is 0.769. The second kappa shape index (κ2) is 5.45. The first kappa shape index (κ1) is 14.2. The van der Waals surface area contributed by atoms with Gasteiger partial charge >= 0.3 is 5.97 Å². The van der Waals surface area contributed by atoms with Crippen LogP contribution < -0.4 is 5.73 Å². The van der Waals surface area contributed by atoms with Gasteiger partial charge in [-0.1, -0.05) is 18.6 Å². The molecule has 1 amide bonds. The summed E-state index contributed by atoms with van der Waals surface area (Å²) >= 11 is 5.07. The van der Waals surface area contributed by atoms with E-state index in [2.05, 4.69) is 0 Å². The molecule has 0 spiro atoms. The van der Waals surface area contributed by atoms with Crippen LogP contribution in [0.3, 0.4) is 0 Å². The Bertz CT molecular complexity index is 407. The van der Waals surface area contributed by atoms with Crippen LogP contribution in [0.4, 0.5) is 0 Å². The van der Waals surface area contributed by atoms with E-state index in [1.165, 1.54) is 7.11 Å². The normalized spacial score (nSPS) is 25.3. The molecule has 0 aromatic heterocycles. The predicted molar refractivity (Wildman–Crippen MR) is 74.4 cm³/mol. The zero-order valence-corrected chi connectivity index (χ0v) is 12.0. The molecule has 0 bridgehead atoms. The molecular formula is C13H20N2O3S. The molecule has 1 unspecified atom stereocenters. The van der Waals surface area contributed by atoms with Crippen molar-refractivity contribution < 1.29 is 14.3 Å². The van der Waals surface area contributed by atoms with Crippen LogP contribution in [0.2, 0.25) is 0 Å². The van der Waals surface area contributed by atoms with Gasteiger partial charge in [-0.3, -0.25) is 4.79 Å². The highest BCUT2D eigenvalue weighted by Crippen LogP contribution is 2.44. The van der Waals surface area contributed by atoms with Gasteiger partial charge < -0.3 is 15.4 Å². The number of esters is 1. The molecule has 1 heterocycles.